The van der Waals surface area contributed by atoms with Crippen LogP contribution in [0.25, 0.3) is 0 Å². The summed E-state index contributed by atoms with van der Waals surface area (Å²) in [5.74, 6) is 2.98. The number of hydrogen-bond donors (Lipinski definition) is 2. The maximum atomic E-state index is 10.1. The summed E-state index contributed by atoms with van der Waals surface area (Å²) in [5.41, 5.74) is 8.21. The van der Waals surface area contributed by atoms with Crippen LogP contribution in [-0.4, -0.2) is 24.6 Å². The van der Waals surface area contributed by atoms with E-state index >= 15 is 0 Å². The molecular weight excluding hydrogens is 269 g/mol. The normalized spacial score (nSPS) is 61.2. The Labute approximate surface area is 137 Å². The fraction of sp³-hybridized carbons (Fsp3) is 1.00. The van der Waals surface area contributed by atoms with Gasteiger partial charge in [-0.05, 0) is 80.0 Å². The minimum atomic E-state index is -0.0521. The molecular formula is C19H34BNO. The van der Waals surface area contributed by atoms with E-state index in [9.17, 15) is 5.11 Å². The molecule has 4 saturated carbocycles. The van der Waals surface area contributed by atoms with Gasteiger partial charge >= 0.3 is 0 Å². The van der Waals surface area contributed by atoms with Crippen molar-refractivity contribution in [2.45, 2.75) is 89.1 Å². The maximum Gasteiger partial charge on any atom is 0.106 e. The second kappa shape index (κ2) is 4.75. The van der Waals surface area contributed by atoms with Crippen LogP contribution in [0.2, 0.25) is 5.82 Å². The summed E-state index contributed by atoms with van der Waals surface area (Å²) in [4.78, 5) is 0. The Morgan fingerprint density at radius 3 is 2.36 bits per heavy atom. The standard InChI is InChI=1S/C19H34BNO/c1-17-8-6-13(22)11-12(17)5-10-19(21)14-3-4-16(20)18(14,2)9-7-15(17)19/h12-16,22H,3-11,20-21H2,1-2H3. The quantitative estimate of drug-likeness (QED) is 0.676. The van der Waals surface area contributed by atoms with Gasteiger partial charge in [0.05, 0.1) is 6.10 Å². The molecule has 0 heterocycles. The minimum absolute atomic E-state index is 0.0521. The van der Waals surface area contributed by atoms with Gasteiger partial charge in [0, 0.05) is 5.54 Å². The van der Waals surface area contributed by atoms with E-state index in [1.165, 1.54) is 44.9 Å². The van der Waals surface area contributed by atoms with E-state index in [-0.39, 0.29) is 11.6 Å². The number of rotatable bonds is 0. The second-order valence-corrected chi connectivity index (χ2v) is 9.91. The van der Waals surface area contributed by atoms with Crippen molar-refractivity contribution in [1.29, 1.82) is 0 Å². The highest BCUT2D eigenvalue weighted by molar-refractivity contribution is 6.12. The van der Waals surface area contributed by atoms with E-state index in [1.54, 1.807) is 0 Å². The zero-order valence-corrected chi connectivity index (χ0v) is 14.8. The molecule has 0 radical (unpaired) electrons. The molecule has 4 rings (SSSR count). The highest BCUT2D eigenvalue weighted by atomic mass is 16.3. The Bertz CT molecular complexity index is 470. The van der Waals surface area contributed by atoms with E-state index in [1.807, 2.05) is 0 Å². The maximum absolute atomic E-state index is 10.1. The molecule has 4 fully saturated rings. The van der Waals surface area contributed by atoms with Crippen LogP contribution < -0.4 is 5.73 Å². The van der Waals surface area contributed by atoms with Gasteiger partial charge in [-0.3, -0.25) is 0 Å². The van der Waals surface area contributed by atoms with Crippen LogP contribution in [-0.2, 0) is 0 Å². The van der Waals surface area contributed by atoms with Crippen molar-refractivity contribution in [1.82, 2.24) is 0 Å². The third-order valence-electron chi connectivity index (χ3n) is 9.31. The van der Waals surface area contributed by atoms with Crippen LogP contribution in [0.1, 0.15) is 71.6 Å². The summed E-state index contributed by atoms with van der Waals surface area (Å²) in [6.07, 6.45) is 11.1. The lowest BCUT2D eigenvalue weighted by Crippen LogP contribution is -2.68. The lowest BCUT2D eigenvalue weighted by Gasteiger charge is -2.65. The van der Waals surface area contributed by atoms with Gasteiger partial charge in [0.15, 0.2) is 0 Å². The molecule has 8 unspecified atom stereocenters. The number of aliphatic hydroxyl groups excluding tert-OH is 1. The van der Waals surface area contributed by atoms with Crippen molar-refractivity contribution < 1.29 is 5.11 Å². The van der Waals surface area contributed by atoms with E-state index in [0.717, 1.165) is 24.6 Å². The third-order valence-corrected chi connectivity index (χ3v) is 9.31. The highest BCUT2D eigenvalue weighted by Crippen LogP contribution is 2.68. The van der Waals surface area contributed by atoms with Crippen LogP contribution in [0.3, 0.4) is 0 Å². The van der Waals surface area contributed by atoms with Gasteiger partial charge in [-0.15, -0.1) is 0 Å². The van der Waals surface area contributed by atoms with Crippen LogP contribution >= 0.6 is 0 Å². The molecule has 0 amide bonds. The summed E-state index contributed by atoms with van der Waals surface area (Å²) in [6.45, 7) is 5.06. The number of hydrogen-bond acceptors (Lipinski definition) is 2. The van der Waals surface area contributed by atoms with Gasteiger partial charge in [0.1, 0.15) is 7.85 Å². The molecule has 8 atom stereocenters. The van der Waals surface area contributed by atoms with Crippen LogP contribution in [0.5, 0.6) is 0 Å². The Balaban J connectivity index is 1.69. The Morgan fingerprint density at radius 2 is 1.59 bits per heavy atom. The lowest BCUT2D eigenvalue weighted by atomic mass is 9.41. The highest BCUT2D eigenvalue weighted by Gasteiger charge is 2.64. The van der Waals surface area contributed by atoms with Gasteiger partial charge in [-0.1, -0.05) is 26.1 Å². The van der Waals surface area contributed by atoms with E-state index in [4.69, 9.17) is 5.73 Å². The van der Waals surface area contributed by atoms with Gasteiger partial charge in [-0.2, -0.15) is 0 Å². The number of fused-ring (bicyclic) bond motifs is 5. The number of aliphatic hydroxyl groups is 1. The summed E-state index contributed by atoms with van der Waals surface area (Å²) in [5, 5.41) is 10.1. The largest absolute Gasteiger partial charge is 0.393 e. The van der Waals surface area contributed by atoms with E-state index in [2.05, 4.69) is 21.7 Å². The predicted molar refractivity (Wildman–Crippen MR) is 93.5 cm³/mol. The molecule has 0 aromatic carbocycles. The predicted octanol–water partition coefficient (Wildman–Crippen LogP) is 2.89. The molecule has 3 N–H and O–H groups in total. The summed E-state index contributed by atoms with van der Waals surface area (Å²) >= 11 is 0. The Morgan fingerprint density at radius 1 is 0.909 bits per heavy atom. The molecule has 0 aromatic heterocycles. The van der Waals surface area contributed by atoms with Crippen molar-refractivity contribution >= 4 is 7.85 Å². The van der Waals surface area contributed by atoms with Crippen molar-refractivity contribution in [2.75, 3.05) is 0 Å². The van der Waals surface area contributed by atoms with E-state index < -0.39 is 0 Å². The first kappa shape index (κ1) is 15.5. The average Bonchev–Trinajstić information content (AvgIpc) is 2.77. The summed E-state index contributed by atoms with van der Waals surface area (Å²) < 4.78 is 0. The van der Waals surface area contributed by atoms with Crippen molar-refractivity contribution in [2.24, 2.45) is 34.3 Å². The summed E-state index contributed by atoms with van der Waals surface area (Å²) in [6, 6.07) is 0. The van der Waals surface area contributed by atoms with Gasteiger partial charge in [0.2, 0.25) is 0 Å². The fourth-order valence-corrected chi connectivity index (χ4v) is 7.71. The van der Waals surface area contributed by atoms with Crippen molar-refractivity contribution in [3.63, 3.8) is 0 Å². The SMILES string of the molecule is BC1CCC2C1(C)CCC1C3(C)CCC(O)CC3CCC21N. The lowest BCUT2D eigenvalue weighted by molar-refractivity contribution is -0.133. The Hall–Kier alpha value is -0.0151. The van der Waals surface area contributed by atoms with Crippen molar-refractivity contribution in [3.8, 4) is 0 Å². The monoisotopic (exact) mass is 303 g/mol. The Kier molecular flexibility index (Phi) is 3.35. The molecule has 3 heteroatoms. The molecule has 4 aliphatic carbocycles. The van der Waals surface area contributed by atoms with Crippen LogP contribution in [0.15, 0.2) is 0 Å². The first-order valence-electron chi connectivity index (χ1n) is 9.77. The van der Waals surface area contributed by atoms with Crippen LogP contribution in [0, 0.1) is 28.6 Å². The van der Waals surface area contributed by atoms with Gasteiger partial charge in [-0.25, -0.2) is 0 Å². The molecule has 4 aliphatic rings. The first-order valence-corrected chi connectivity index (χ1v) is 9.77. The molecule has 22 heavy (non-hydrogen) atoms. The summed E-state index contributed by atoms with van der Waals surface area (Å²) in [7, 11) is 2.47. The smallest absolute Gasteiger partial charge is 0.106 e. The van der Waals surface area contributed by atoms with E-state index in [0.29, 0.717) is 22.7 Å². The topological polar surface area (TPSA) is 46.2 Å². The second-order valence-electron chi connectivity index (χ2n) is 9.91. The molecule has 0 aromatic rings. The van der Waals surface area contributed by atoms with Gasteiger partial charge in [0.25, 0.3) is 0 Å². The third kappa shape index (κ3) is 1.82. The zero-order chi connectivity index (χ0) is 15.8. The molecule has 2 nitrogen and oxygen atoms in total. The van der Waals surface area contributed by atoms with Gasteiger partial charge < -0.3 is 10.8 Å². The molecule has 0 aliphatic heterocycles. The fourth-order valence-electron chi connectivity index (χ4n) is 7.71. The average molecular weight is 303 g/mol. The molecule has 124 valence electrons. The number of nitrogens with two attached hydrogens (primary N) is 1. The van der Waals surface area contributed by atoms with Crippen LogP contribution in [0.4, 0.5) is 0 Å². The van der Waals surface area contributed by atoms with Crippen molar-refractivity contribution in [3.05, 3.63) is 0 Å². The molecule has 0 spiro atoms. The molecule has 0 bridgehead atoms. The zero-order valence-electron chi connectivity index (χ0n) is 14.8. The molecule has 0 saturated heterocycles. The first-order chi connectivity index (χ1) is 10.3. The minimum Gasteiger partial charge on any atom is -0.393 e.